The van der Waals surface area contributed by atoms with Gasteiger partial charge in [0, 0.05) is 29.5 Å². The molecule has 1 N–H and O–H groups in total. The Morgan fingerprint density at radius 2 is 0.983 bits per heavy atom. The summed E-state index contributed by atoms with van der Waals surface area (Å²) < 4.78 is 10.9. The summed E-state index contributed by atoms with van der Waals surface area (Å²) in [6.45, 7) is 3.77. The Morgan fingerprint density at radius 3 is 1.41 bits per heavy atom. The first-order valence-electron chi connectivity index (χ1n) is 19.2. The van der Waals surface area contributed by atoms with Crippen LogP contribution in [0.4, 0.5) is 0 Å². The molecule has 3 aliphatic rings. The molecule has 0 amide bonds. The smallest absolute Gasteiger partial charge is 0.341 e. The van der Waals surface area contributed by atoms with Gasteiger partial charge < -0.3 is 14.3 Å². The molecule has 8 heteroatoms. The maximum absolute atomic E-state index is 10.7. The number of nitrogens with one attached hydrogen (secondary N) is 1. The van der Waals surface area contributed by atoms with E-state index in [-0.39, 0.29) is 12.4 Å². The van der Waals surface area contributed by atoms with E-state index in [0.29, 0.717) is 5.71 Å². The van der Waals surface area contributed by atoms with Crippen LogP contribution in [0.2, 0.25) is 0 Å². The van der Waals surface area contributed by atoms with Crippen LogP contribution in [-0.4, -0.2) is 40.3 Å². The Hall–Kier alpha value is -7.32. The highest BCUT2D eigenvalue weighted by Crippen LogP contribution is 2.23. The summed E-state index contributed by atoms with van der Waals surface area (Å²) in [5, 5.41) is 13.9. The lowest BCUT2D eigenvalue weighted by Crippen LogP contribution is -1.99. The van der Waals surface area contributed by atoms with Crippen LogP contribution in [0, 0.1) is 6.92 Å². The molecular weight excluding hydrogens is 721 g/mol. The zero-order valence-corrected chi connectivity index (χ0v) is 32.5. The van der Waals surface area contributed by atoms with Crippen molar-refractivity contribution in [3.63, 3.8) is 0 Å². The lowest BCUT2D eigenvalue weighted by Gasteiger charge is -2.03. The fourth-order valence-corrected chi connectivity index (χ4v) is 5.94. The second-order valence-electron chi connectivity index (χ2n) is 13.1. The number of aromatic nitrogens is 3. The average Bonchev–Trinajstić information content (AvgIpc) is 4.16. The van der Waals surface area contributed by atoms with Gasteiger partial charge >= 0.3 is 5.97 Å². The van der Waals surface area contributed by atoms with E-state index >= 15 is 0 Å². The number of ether oxygens (including phenoxy) is 2. The monoisotopic (exact) mass is 766 g/mol. The maximum Gasteiger partial charge on any atom is 0.341 e. The minimum absolute atomic E-state index is 0.282. The number of benzene rings is 6. The van der Waals surface area contributed by atoms with Crippen molar-refractivity contribution in [3.8, 4) is 22.4 Å². The first-order chi connectivity index (χ1) is 28.6. The van der Waals surface area contributed by atoms with E-state index < -0.39 is 0 Å². The molecule has 0 saturated heterocycles. The van der Waals surface area contributed by atoms with Crippen LogP contribution in [0.5, 0.6) is 0 Å². The predicted molar refractivity (Wildman–Crippen MR) is 232 cm³/mol. The lowest BCUT2D eigenvalue weighted by atomic mass is 10.1. The zero-order chi connectivity index (χ0) is 40.0. The number of carbonyl (C=O) groups is 1. The highest BCUT2D eigenvalue weighted by atomic mass is 16.7. The predicted octanol–water partition coefficient (Wildman–Crippen LogP) is 11.4. The van der Waals surface area contributed by atoms with Crippen molar-refractivity contribution in [1.82, 2.24) is 15.4 Å². The Morgan fingerprint density at radius 1 is 0.517 bits per heavy atom. The van der Waals surface area contributed by atoms with E-state index in [1.54, 1.807) is 6.20 Å². The maximum atomic E-state index is 10.7. The standard InChI is InChI=1S/C12H10.C11H12O.C10H10O.C9H7NO2.C8H7N3/c1-3-7-11(8-4-1)12-9-5-2-6-10-12;1-9-4-2-5-10(8-9)11-6-3-7-12-11;1-2-5-9(6-3-1)10-7-4-8-11-10;11-9-6-8(10-12-9)7-4-2-1-3-5-7;1-2-4-7(5-3-1)8-6-9-11-10-8/h1-10H;2,4-6,8H,3,7H2,1H3;1-3,5-7H,4,8H2;1-5H,6H2;1-6H,(H,9,10,11). The first-order valence-corrected chi connectivity index (χ1v) is 19.2. The summed E-state index contributed by atoms with van der Waals surface area (Å²) in [6, 6.07) is 58.8. The van der Waals surface area contributed by atoms with Gasteiger partial charge in [0.25, 0.3) is 0 Å². The van der Waals surface area contributed by atoms with Gasteiger partial charge in [-0.2, -0.15) is 15.4 Å². The number of oxime groups is 1. The van der Waals surface area contributed by atoms with Crippen molar-refractivity contribution in [2.75, 3.05) is 13.2 Å². The second-order valence-corrected chi connectivity index (χ2v) is 13.1. The number of aryl methyl sites for hydroxylation is 1. The van der Waals surface area contributed by atoms with Crippen molar-refractivity contribution in [1.29, 1.82) is 0 Å². The van der Waals surface area contributed by atoms with Gasteiger partial charge in [-0.1, -0.05) is 181 Å². The molecule has 0 radical (unpaired) electrons. The average molecular weight is 767 g/mol. The summed E-state index contributed by atoms with van der Waals surface area (Å²) in [6.07, 6.45) is 8.36. The minimum atomic E-state index is -0.283. The number of nitrogens with zero attached hydrogens (tertiary/aromatic N) is 3. The molecule has 58 heavy (non-hydrogen) atoms. The Kier molecular flexibility index (Phi) is 15.5. The van der Waals surface area contributed by atoms with Crippen molar-refractivity contribution in [2.45, 2.75) is 26.2 Å². The van der Waals surface area contributed by atoms with Gasteiger partial charge in [0.05, 0.1) is 31.5 Å². The molecule has 0 aliphatic carbocycles. The molecule has 0 unspecified atom stereocenters. The van der Waals surface area contributed by atoms with Crippen LogP contribution in [0.25, 0.3) is 33.9 Å². The van der Waals surface area contributed by atoms with Crippen LogP contribution in [0.3, 0.4) is 0 Å². The summed E-state index contributed by atoms with van der Waals surface area (Å²) in [5.74, 6) is 1.79. The van der Waals surface area contributed by atoms with Gasteiger partial charge in [-0.15, -0.1) is 0 Å². The fourth-order valence-electron chi connectivity index (χ4n) is 5.94. The van der Waals surface area contributed by atoms with E-state index in [9.17, 15) is 4.79 Å². The van der Waals surface area contributed by atoms with Crippen molar-refractivity contribution in [2.24, 2.45) is 5.16 Å². The fraction of sp³-hybridized carbons (Fsp3) is 0.120. The summed E-state index contributed by atoms with van der Waals surface area (Å²) in [7, 11) is 0. The molecule has 0 spiro atoms. The zero-order valence-electron chi connectivity index (χ0n) is 32.5. The van der Waals surface area contributed by atoms with Crippen LogP contribution in [-0.2, 0) is 19.1 Å². The topological polar surface area (TPSA) is 98.7 Å². The normalized spacial score (nSPS) is 13.3. The van der Waals surface area contributed by atoms with E-state index in [4.69, 9.17) is 9.47 Å². The van der Waals surface area contributed by atoms with Crippen LogP contribution in [0.15, 0.2) is 199 Å². The molecule has 10 rings (SSSR count). The minimum Gasteiger partial charge on any atom is -0.493 e. The van der Waals surface area contributed by atoms with Gasteiger partial charge in [-0.3, -0.25) is 0 Å². The van der Waals surface area contributed by atoms with Crippen LogP contribution >= 0.6 is 0 Å². The molecule has 0 atom stereocenters. The van der Waals surface area contributed by atoms with E-state index in [1.165, 1.54) is 27.8 Å². The van der Waals surface area contributed by atoms with E-state index in [1.807, 2.05) is 91.0 Å². The molecule has 3 aliphatic heterocycles. The molecule has 0 bridgehead atoms. The van der Waals surface area contributed by atoms with E-state index in [0.717, 1.165) is 54.4 Å². The van der Waals surface area contributed by atoms with E-state index in [2.05, 4.69) is 129 Å². The summed E-state index contributed by atoms with van der Waals surface area (Å²) in [4.78, 5) is 15.2. The third-order valence-corrected chi connectivity index (χ3v) is 8.81. The number of H-pyrrole nitrogens is 1. The molecule has 0 saturated carbocycles. The van der Waals surface area contributed by atoms with Gasteiger partial charge in [0.15, 0.2) is 0 Å². The van der Waals surface area contributed by atoms with Crippen LogP contribution in [0.1, 0.15) is 41.5 Å². The molecule has 4 heterocycles. The van der Waals surface area contributed by atoms with Gasteiger partial charge in [-0.25, -0.2) is 4.79 Å². The van der Waals surface area contributed by atoms with Crippen molar-refractivity contribution in [3.05, 3.63) is 217 Å². The molecule has 290 valence electrons. The largest absolute Gasteiger partial charge is 0.493 e. The number of carbonyl (C=O) groups excluding carboxylic acids is 1. The summed E-state index contributed by atoms with van der Waals surface area (Å²) >= 11 is 0. The molecule has 8 nitrogen and oxygen atoms in total. The molecule has 7 aromatic rings. The second kappa shape index (κ2) is 22.3. The summed E-state index contributed by atoms with van der Waals surface area (Å²) in [5.41, 5.74) is 9.84. The number of aromatic amines is 1. The Balaban J connectivity index is 0.000000122. The van der Waals surface area contributed by atoms with Crippen molar-refractivity contribution >= 4 is 23.2 Å². The molecule has 0 fully saturated rings. The SMILES string of the molecule is C1=C(c2ccccc2)OCC1.Cc1cccc(C2=CCCO2)c1.O=C1CC(c2ccccc2)=NO1.c1ccc(-c2ccccc2)cc1.c1ccc(-c2cn[nH]n2)cc1. The lowest BCUT2D eigenvalue weighted by molar-refractivity contribution is -0.140. The highest BCUT2D eigenvalue weighted by molar-refractivity contribution is 6.11. The molecular formula is C50H46N4O4. The number of hydrogen-bond donors (Lipinski definition) is 1. The molecule has 6 aromatic carbocycles. The van der Waals surface area contributed by atoms with Crippen molar-refractivity contribution < 1.29 is 19.1 Å². The quantitative estimate of drug-likeness (QED) is 0.175. The third kappa shape index (κ3) is 12.9. The van der Waals surface area contributed by atoms with Gasteiger partial charge in [-0.05, 0) is 41.8 Å². The number of hydrogen-bond acceptors (Lipinski definition) is 7. The number of rotatable bonds is 5. The Labute approximate surface area is 340 Å². The first kappa shape index (κ1) is 40.3. The third-order valence-electron chi connectivity index (χ3n) is 8.81. The Bertz CT molecular complexity index is 2310. The molecule has 1 aromatic heterocycles. The highest BCUT2D eigenvalue weighted by Gasteiger charge is 2.18. The van der Waals surface area contributed by atoms with Gasteiger partial charge in [0.2, 0.25) is 0 Å². The van der Waals surface area contributed by atoms with Crippen LogP contribution < -0.4 is 0 Å². The van der Waals surface area contributed by atoms with Gasteiger partial charge in [0.1, 0.15) is 17.2 Å².